The van der Waals surface area contributed by atoms with E-state index in [0.29, 0.717) is 16.8 Å². The average molecular weight is 268 g/mol. The first kappa shape index (κ1) is 12.1. The molecule has 2 aromatic heterocycles. The Bertz CT molecular complexity index is 665. The first-order chi connectivity index (χ1) is 9.11. The minimum absolute atomic E-state index is 0.180. The fourth-order valence-electron chi connectivity index (χ4n) is 2.19. The summed E-state index contributed by atoms with van der Waals surface area (Å²) in [6.45, 7) is -0.266. The fourth-order valence-corrected chi connectivity index (χ4v) is 2.19. The van der Waals surface area contributed by atoms with Gasteiger partial charge in [-0.15, -0.1) is 0 Å². The first-order valence-electron chi connectivity index (χ1n) is 5.74. The molecule has 0 spiro atoms. The molecular formula is C10H13N5O4. The van der Waals surface area contributed by atoms with E-state index in [1.807, 2.05) is 0 Å². The Kier molecular flexibility index (Phi) is 2.73. The summed E-state index contributed by atoms with van der Waals surface area (Å²) in [5.74, 6) is 0. The van der Waals surface area contributed by atoms with Crippen LogP contribution in [0.15, 0.2) is 12.7 Å². The van der Waals surface area contributed by atoms with Gasteiger partial charge in [0, 0.05) is 6.42 Å². The Morgan fingerprint density at radius 1 is 1.42 bits per heavy atom. The monoisotopic (exact) mass is 268 g/mol. The summed E-state index contributed by atoms with van der Waals surface area (Å²) in [5.41, 5.74) is 0.433. The van der Waals surface area contributed by atoms with Crippen molar-refractivity contribution in [1.29, 1.82) is 5.41 Å². The number of fused-ring (bicyclic) bond motifs is 1. The van der Waals surface area contributed by atoms with Gasteiger partial charge in [0.15, 0.2) is 16.7 Å². The molecule has 9 nitrogen and oxygen atoms in total. The highest BCUT2D eigenvalue weighted by Gasteiger charge is 2.35. The molecule has 4 N–H and O–H groups in total. The van der Waals surface area contributed by atoms with Gasteiger partial charge in [0.25, 0.3) is 0 Å². The van der Waals surface area contributed by atoms with Crippen LogP contribution in [0.3, 0.4) is 0 Å². The van der Waals surface area contributed by atoms with Crippen molar-refractivity contribution in [3.8, 4) is 0 Å². The molecule has 0 unspecified atom stereocenters. The van der Waals surface area contributed by atoms with E-state index < -0.39 is 18.4 Å². The van der Waals surface area contributed by atoms with Crippen molar-refractivity contribution in [1.82, 2.24) is 19.3 Å². The lowest BCUT2D eigenvalue weighted by atomic mass is 10.2. The zero-order valence-corrected chi connectivity index (χ0v) is 9.84. The van der Waals surface area contributed by atoms with Crippen molar-refractivity contribution in [2.45, 2.75) is 24.9 Å². The SMILES string of the molecule is [15NH]=c1c2ncn([C@H]3C[C@H](O)[C@@H](CO)O3)c2ncn1O. The summed E-state index contributed by atoms with van der Waals surface area (Å²) >= 11 is 0. The van der Waals surface area contributed by atoms with Crippen molar-refractivity contribution in [3.63, 3.8) is 0 Å². The van der Waals surface area contributed by atoms with Gasteiger partial charge in [-0.1, -0.05) is 0 Å². The smallest absolute Gasteiger partial charge is 0.192 e. The van der Waals surface area contributed by atoms with E-state index in [9.17, 15) is 10.3 Å². The number of imidazole rings is 1. The molecule has 3 atom stereocenters. The maximum atomic E-state index is 9.71. The summed E-state index contributed by atoms with van der Waals surface area (Å²) in [6, 6.07) is 0. The van der Waals surface area contributed by atoms with Gasteiger partial charge in [0.1, 0.15) is 18.7 Å². The number of nitrogens with one attached hydrogen (secondary N) is 1. The Labute approximate surface area is 106 Å². The quantitative estimate of drug-likeness (QED) is 0.391. The van der Waals surface area contributed by atoms with Crippen LogP contribution in [0.4, 0.5) is 0 Å². The number of aliphatic hydroxyl groups excluding tert-OH is 2. The van der Waals surface area contributed by atoms with Gasteiger partial charge >= 0.3 is 0 Å². The fraction of sp³-hybridized carbons (Fsp3) is 0.500. The van der Waals surface area contributed by atoms with Crippen molar-refractivity contribution < 1.29 is 20.2 Å². The maximum absolute atomic E-state index is 9.71. The predicted molar refractivity (Wildman–Crippen MR) is 60.2 cm³/mol. The van der Waals surface area contributed by atoms with Gasteiger partial charge in [0.2, 0.25) is 0 Å². The Hall–Kier alpha value is -1.97. The number of aliphatic hydroxyl groups is 2. The molecule has 0 radical (unpaired) electrons. The second-order valence-electron chi connectivity index (χ2n) is 4.38. The standard InChI is InChI=1S/C10H13N5O4/c11-9-8-10(13-4-15(9)18)14(3-12-8)7-1-5(17)6(2-16)19-7/h3-7,11,16-18H,1-2H2/t5-,6+,7+/m0/s1/i11+1. The highest BCUT2D eigenvalue weighted by molar-refractivity contribution is 5.68. The molecule has 0 amide bonds. The Morgan fingerprint density at radius 3 is 2.89 bits per heavy atom. The topological polar surface area (TPSA) is 129 Å². The Morgan fingerprint density at radius 2 is 2.21 bits per heavy atom. The zero-order valence-electron chi connectivity index (χ0n) is 9.84. The number of hydrogen-bond acceptors (Lipinski definition) is 7. The molecule has 1 aliphatic rings. The van der Waals surface area contributed by atoms with Crippen molar-refractivity contribution in [2.24, 2.45) is 0 Å². The lowest BCUT2D eigenvalue weighted by Crippen LogP contribution is -2.24. The van der Waals surface area contributed by atoms with Crippen LogP contribution in [-0.4, -0.2) is 53.5 Å². The molecule has 0 aliphatic carbocycles. The maximum Gasteiger partial charge on any atom is 0.192 e. The van der Waals surface area contributed by atoms with Crippen LogP contribution in [0.25, 0.3) is 11.2 Å². The van der Waals surface area contributed by atoms with E-state index >= 15 is 0 Å². The number of hydrogen-bond donors (Lipinski definition) is 4. The van der Waals surface area contributed by atoms with Gasteiger partial charge in [-0.3, -0.25) is 9.98 Å². The lowest BCUT2D eigenvalue weighted by Gasteiger charge is -2.13. The highest BCUT2D eigenvalue weighted by Crippen LogP contribution is 2.29. The molecule has 102 valence electrons. The lowest BCUT2D eigenvalue weighted by molar-refractivity contribution is -0.0432. The van der Waals surface area contributed by atoms with Gasteiger partial charge < -0.3 is 20.2 Å². The van der Waals surface area contributed by atoms with Crippen molar-refractivity contribution in [2.75, 3.05) is 6.61 Å². The number of rotatable bonds is 2. The predicted octanol–water partition coefficient (Wildman–Crippen LogP) is -1.41. The summed E-state index contributed by atoms with van der Waals surface area (Å²) in [6.07, 6.45) is 0.946. The number of nitrogens with zero attached hydrogens (tertiary/aromatic N) is 4. The molecule has 1 saturated heterocycles. The van der Waals surface area contributed by atoms with Crippen LogP contribution >= 0.6 is 0 Å². The largest absolute Gasteiger partial charge is 0.425 e. The molecule has 2 aromatic rings. The molecule has 0 aromatic carbocycles. The third-order valence-electron chi connectivity index (χ3n) is 3.20. The summed E-state index contributed by atoms with van der Waals surface area (Å²) < 4.78 is 7.64. The minimum Gasteiger partial charge on any atom is -0.425 e. The normalized spacial score (nSPS) is 27.2. The van der Waals surface area contributed by atoms with Crippen LogP contribution < -0.4 is 5.49 Å². The molecule has 9 heteroatoms. The van der Waals surface area contributed by atoms with E-state index in [4.69, 9.17) is 15.3 Å². The molecule has 1 aliphatic heterocycles. The second-order valence-corrected chi connectivity index (χ2v) is 4.38. The third kappa shape index (κ3) is 1.79. The van der Waals surface area contributed by atoms with Crippen LogP contribution in [-0.2, 0) is 4.74 Å². The van der Waals surface area contributed by atoms with Crippen LogP contribution in [0.1, 0.15) is 12.6 Å². The van der Waals surface area contributed by atoms with Gasteiger partial charge in [-0.2, -0.15) is 4.73 Å². The van der Waals surface area contributed by atoms with Crippen molar-refractivity contribution in [3.05, 3.63) is 18.1 Å². The molecule has 3 heterocycles. The molecule has 19 heavy (non-hydrogen) atoms. The van der Waals surface area contributed by atoms with Gasteiger partial charge in [-0.05, 0) is 0 Å². The Balaban J connectivity index is 2.03. The van der Waals surface area contributed by atoms with Crippen LogP contribution in [0, 0.1) is 5.41 Å². The van der Waals surface area contributed by atoms with E-state index in [1.54, 1.807) is 4.57 Å². The van der Waals surface area contributed by atoms with E-state index in [1.165, 1.54) is 6.33 Å². The number of ether oxygens (including phenoxy) is 1. The third-order valence-corrected chi connectivity index (χ3v) is 3.20. The van der Waals surface area contributed by atoms with Gasteiger partial charge in [-0.25, -0.2) is 9.97 Å². The first-order valence-corrected chi connectivity index (χ1v) is 5.74. The molecule has 1 fully saturated rings. The average Bonchev–Trinajstić information content (AvgIpc) is 2.97. The summed E-state index contributed by atoms with van der Waals surface area (Å²) in [4.78, 5) is 8.00. The summed E-state index contributed by atoms with van der Waals surface area (Å²) in [5, 5.41) is 35.7. The van der Waals surface area contributed by atoms with Crippen molar-refractivity contribution >= 4 is 11.2 Å². The van der Waals surface area contributed by atoms with Crippen LogP contribution in [0.2, 0.25) is 0 Å². The minimum atomic E-state index is -0.755. The van der Waals surface area contributed by atoms with Gasteiger partial charge in [0.05, 0.1) is 19.0 Å². The number of aromatic nitrogens is 4. The molecule has 0 bridgehead atoms. The highest BCUT2D eigenvalue weighted by atomic mass is 16.5. The molecule has 0 saturated carbocycles. The second kappa shape index (κ2) is 4.30. The zero-order chi connectivity index (χ0) is 13.6. The van der Waals surface area contributed by atoms with E-state index in [0.717, 1.165) is 6.33 Å². The van der Waals surface area contributed by atoms with E-state index in [2.05, 4.69) is 9.97 Å². The van der Waals surface area contributed by atoms with Crippen LogP contribution in [0.5, 0.6) is 0 Å². The molecular weight excluding hydrogens is 255 g/mol. The summed E-state index contributed by atoms with van der Waals surface area (Å²) in [7, 11) is 0. The van der Waals surface area contributed by atoms with E-state index in [-0.39, 0.29) is 17.6 Å². The molecule has 3 rings (SSSR count).